The van der Waals surface area contributed by atoms with Crippen LogP contribution in [0.4, 0.5) is 8.78 Å². The summed E-state index contributed by atoms with van der Waals surface area (Å²) in [5, 5.41) is 2.18. The molecule has 0 saturated heterocycles. The van der Waals surface area contributed by atoms with Gasteiger partial charge >= 0.3 is 0 Å². The quantitative estimate of drug-likeness (QED) is 0.639. The molecule has 0 saturated carbocycles. The monoisotopic (exact) mass is 418 g/mol. The topological polar surface area (TPSA) is 66.5 Å². The number of hydrogen-bond donors (Lipinski definition) is 1. The largest absolute Gasteiger partial charge is 0.341 e. The predicted octanol–water partition coefficient (Wildman–Crippen LogP) is 3.45. The summed E-state index contributed by atoms with van der Waals surface area (Å²) in [7, 11) is -2.39. The Bertz CT molecular complexity index is 1150. The van der Waals surface area contributed by atoms with E-state index in [0.29, 0.717) is 12.6 Å². The minimum absolute atomic E-state index is 0.0625. The maximum atomic E-state index is 13.2. The number of halogens is 2. The number of carbonyl (C=O) groups is 1. The summed E-state index contributed by atoms with van der Waals surface area (Å²) in [6.45, 7) is 0.238. The Morgan fingerprint density at radius 3 is 2.41 bits per heavy atom. The fourth-order valence-electron chi connectivity index (χ4n) is 2.91. The van der Waals surface area contributed by atoms with E-state index in [1.54, 1.807) is 7.05 Å². The molecule has 29 heavy (non-hydrogen) atoms. The van der Waals surface area contributed by atoms with Gasteiger partial charge in [0.25, 0.3) is 0 Å². The second kappa shape index (κ2) is 8.67. The van der Waals surface area contributed by atoms with Gasteiger partial charge in [-0.15, -0.1) is 0 Å². The third-order valence-electron chi connectivity index (χ3n) is 4.49. The lowest BCUT2D eigenvalue weighted by Gasteiger charge is -2.18. The molecule has 0 bridgehead atoms. The van der Waals surface area contributed by atoms with Crippen LogP contribution < -0.4 is 4.72 Å². The number of benzene rings is 3. The molecule has 1 amide bonds. The van der Waals surface area contributed by atoms with Gasteiger partial charge in [0.2, 0.25) is 15.9 Å². The van der Waals surface area contributed by atoms with Crippen LogP contribution in [-0.2, 0) is 21.4 Å². The summed E-state index contributed by atoms with van der Waals surface area (Å²) in [5.41, 5.74) is 0.960. The number of fused-ring (bicyclic) bond motifs is 1. The highest BCUT2D eigenvalue weighted by Gasteiger charge is 2.17. The van der Waals surface area contributed by atoms with Crippen molar-refractivity contribution in [1.82, 2.24) is 9.62 Å². The summed E-state index contributed by atoms with van der Waals surface area (Å²) in [4.78, 5) is 13.4. The highest BCUT2D eigenvalue weighted by atomic mass is 32.2. The maximum Gasteiger partial charge on any atom is 0.240 e. The summed E-state index contributed by atoms with van der Waals surface area (Å²) in [5.74, 6) is -2.63. The third kappa shape index (κ3) is 5.16. The van der Waals surface area contributed by atoms with Crippen molar-refractivity contribution in [2.75, 3.05) is 13.6 Å². The van der Waals surface area contributed by atoms with Crippen molar-refractivity contribution < 1.29 is 22.0 Å². The van der Waals surface area contributed by atoms with Gasteiger partial charge in [0, 0.05) is 26.6 Å². The van der Waals surface area contributed by atoms with Gasteiger partial charge < -0.3 is 4.90 Å². The SMILES string of the molecule is CN(Cc1ccc2ccccc2c1)C(=O)CCNS(=O)(=O)c1ccc(F)c(F)c1. The van der Waals surface area contributed by atoms with E-state index in [2.05, 4.69) is 4.72 Å². The average molecular weight is 418 g/mol. The van der Waals surface area contributed by atoms with Crippen molar-refractivity contribution in [2.45, 2.75) is 17.9 Å². The second-order valence-electron chi connectivity index (χ2n) is 6.65. The lowest BCUT2D eigenvalue weighted by Crippen LogP contribution is -2.32. The molecule has 5 nitrogen and oxygen atoms in total. The van der Waals surface area contributed by atoms with Gasteiger partial charge in [-0.05, 0) is 40.6 Å². The Morgan fingerprint density at radius 1 is 0.966 bits per heavy atom. The summed E-state index contributed by atoms with van der Waals surface area (Å²) >= 11 is 0. The molecule has 0 aliphatic heterocycles. The van der Waals surface area contributed by atoms with Gasteiger partial charge in [-0.1, -0.05) is 36.4 Å². The van der Waals surface area contributed by atoms with Crippen molar-refractivity contribution in [3.8, 4) is 0 Å². The van der Waals surface area contributed by atoms with Crippen LogP contribution in [0.15, 0.2) is 65.6 Å². The maximum absolute atomic E-state index is 13.2. The number of carbonyl (C=O) groups excluding carboxylic acids is 1. The van der Waals surface area contributed by atoms with Crippen molar-refractivity contribution in [1.29, 1.82) is 0 Å². The van der Waals surface area contributed by atoms with Crippen LogP contribution in [0.1, 0.15) is 12.0 Å². The molecule has 3 rings (SSSR count). The Kier molecular flexibility index (Phi) is 6.24. The molecule has 0 aromatic heterocycles. The molecule has 3 aromatic carbocycles. The molecular formula is C21H20F2N2O3S. The first-order valence-electron chi connectivity index (χ1n) is 8.92. The van der Waals surface area contributed by atoms with Crippen LogP contribution in [0, 0.1) is 11.6 Å². The van der Waals surface area contributed by atoms with E-state index < -0.39 is 26.6 Å². The molecule has 0 spiro atoms. The smallest absolute Gasteiger partial charge is 0.240 e. The second-order valence-corrected chi connectivity index (χ2v) is 8.42. The van der Waals surface area contributed by atoms with Gasteiger partial charge in [-0.25, -0.2) is 21.9 Å². The minimum Gasteiger partial charge on any atom is -0.341 e. The zero-order valence-electron chi connectivity index (χ0n) is 15.7. The molecule has 0 atom stereocenters. The van der Waals surface area contributed by atoms with Crippen LogP contribution in [0.3, 0.4) is 0 Å². The normalized spacial score (nSPS) is 11.6. The van der Waals surface area contributed by atoms with Gasteiger partial charge in [0.05, 0.1) is 4.90 Å². The Morgan fingerprint density at radius 2 is 1.69 bits per heavy atom. The van der Waals surface area contributed by atoms with E-state index in [9.17, 15) is 22.0 Å². The van der Waals surface area contributed by atoms with Crippen molar-refractivity contribution >= 4 is 26.7 Å². The van der Waals surface area contributed by atoms with Crippen LogP contribution in [0.2, 0.25) is 0 Å². The Labute approximate surface area is 168 Å². The van der Waals surface area contributed by atoms with E-state index in [1.165, 1.54) is 4.90 Å². The van der Waals surface area contributed by atoms with Gasteiger partial charge in [0.1, 0.15) is 0 Å². The standard InChI is InChI=1S/C21H20F2N2O3S/c1-25(14-15-6-7-16-4-2-3-5-17(16)12-15)21(26)10-11-24-29(27,28)18-8-9-19(22)20(23)13-18/h2-9,12-13,24H,10-11,14H2,1H3. The molecule has 3 aromatic rings. The van der Waals surface area contributed by atoms with Gasteiger partial charge in [0.15, 0.2) is 11.6 Å². The molecular weight excluding hydrogens is 398 g/mol. The van der Waals surface area contributed by atoms with E-state index in [1.807, 2.05) is 42.5 Å². The molecule has 0 unspecified atom stereocenters. The number of nitrogens with zero attached hydrogens (tertiary/aromatic N) is 1. The number of nitrogens with one attached hydrogen (secondary N) is 1. The molecule has 0 aliphatic carbocycles. The number of sulfonamides is 1. The molecule has 1 N–H and O–H groups in total. The van der Waals surface area contributed by atoms with Crippen molar-refractivity contribution in [3.63, 3.8) is 0 Å². The summed E-state index contributed by atoms with van der Waals surface area (Å²) < 4.78 is 52.7. The van der Waals surface area contributed by atoms with Crippen LogP contribution in [-0.4, -0.2) is 32.8 Å². The first kappa shape index (κ1) is 20.9. The van der Waals surface area contributed by atoms with E-state index in [-0.39, 0.29) is 18.9 Å². The minimum atomic E-state index is -4.03. The zero-order valence-corrected chi connectivity index (χ0v) is 16.5. The van der Waals surface area contributed by atoms with Crippen LogP contribution in [0.25, 0.3) is 10.8 Å². The van der Waals surface area contributed by atoms with Crippen LogP contribution in [0.5, 0.6) is 0 Å². The first-order chi connectivity index (χ1) is 13.8. The molecule has 0 heterocycles. The van der Waals surface area contributed by atoms with E-state index >= 15 is 0 Å². The first-order valence-corrected chi connectivity index (χ1v) is 10.4. The molecule has 0 radical (unpaired) electrons. The van der Waals surface area contributed by atoms with Crippen molar-refractivity contribution in [2.24, 2.45) is 0 Å². The number of amides is 1. The number of rotatable bonds is 7. The van der Waals surface area contributed by atoms with E-state index in [4.69, 9.17) is 0 Å². The van der Waals surface area contributed by atoms with E-state index in [0.717, 1.165) is 28.5 Å². The summed E-state index contributed by atoms with van der Waals surface area (Å²) in [6, 6.07) is 16.1. The number of hydrogen-bond acceptors (Lipinski definition) is 3. The van der Waals surface area contributed by atoms with Gasteiger partial charge in [-0.2, -0.15) is 0 Å². The highest BCUT2D eigenvalue weighted by molar-refractivity contribution is 7.89. The Hall–Kier alpha value is -2.84. The molecule has 152 valence electrons. The van der Waals surface area contributed by atoms with Crippen LogP contribution >= 0.6 is 0 Å². The fourth-order valence-corrected chi connectivity index (χ4v) is 3.95. The predicted molar refractivity (Wildman–Crippen MR) is 107 cm³/mol. The average Bonchev–Trinajstić information content (AvgIpc) is 2.69. The Balaban J connectivity index is 1.55. The molecule has 8 heteroatoms. The third-order valence-corrected chi connectivity index (χ3v) is 5.95. The lowest BCUT2D eigenvalue weighted by molar-refractivity contribution is -0.130. The summed E-state index contributed by atoms with van der Waals surface area (Å²) in [6.07, 6.45) is -0.0625. The lowest BCUT2D eigenvalue weighted by atomic mass is 10.1. The zero-order chi connectivity index (χ0) is 21.0. The highest BCUT2D eigenvalue weighted by Crippen LogP contribution is 2.17. The molecule has 0 fully saturated rings. The molecule has 0 aliphatic rings. The fraction of sp³-hybridized carbons (Fsp3) is 0.190. The van der Waals surface area contributed by atoms with Crippen molar-refractivity contribution in [3.05, 3.63) is 77.9 Å². The van der Waals surface area contributed by atoms with Gasteiger partial charge in [-0.3, -0.25) is 4.79 Å².